The van der Waals surface area contributed by atoms with Crippen molar-refractivity contribution in [2.45, 2.75) is 13.0 Å². The number of rotatable bonds is 7. The first-order chi connectivity index (χ1) is 9.17. The predicted octanol–water partition coefficient (Wildman–Crippen LogP) is 0.620. The number of esters is 1. The molecule has 6 heteroatoms. The maximum absolute atomic E-state index is 11.9. The number of carbonyl (C=O) groups excluding carboxylic acids is 2. The Balaban J connectivity index is 2.63. The van der Waals surface area contributed by atoms with Crippen LogP contribution in [0.5, 0.6) is 0 Å². The molecule has 0 N–H and O–H groups in total. The van der Waals surface area contributed by atoms with Gasteiger partial charge in [0.2, 0.25) is 5.91 Å². The van der Waals surface area contributed by atoms with Gasteiger partial charge in [-0.3, -0.25) is 14.6 Å². The van der Waals surface area contributed by atoms with E-state index < -0.39 is 0 Å². The van der Waals surface area contributed by atoms with Crippen LogP contribution >= 0.6 is 0 Å². The van der Waals surface area contributed by atoms with E-state index in [1.807, 2.05) is 12.1 Å². The van der Waals surface area contributed by atoms with Gasteiger partial charge in [-0.1, -0.05) is 6.07 Å². The standard InChI is InChI=1S/C13H18N2O4/c1-18-10-12(16)15(8-6-13(17)19-2)9-11-5-3-4-7-14-11/h3-5,7H,6,8-10H2,1-2H3. The molecule has 0 bridgehead atoms. The monoisotopic (exact) mass is 266 g/mol. The first kappa shape index (κ1) is 15.1. The van der Waals surface area contributed by atoms with Gasteiger partial charge in [-0.05, 0) is 12.1 Å². The van der Waals surface area contributed by atoms with E-state index in [2.05, 4.69) is 9.72 Å². The van der Waals surface area contributed by atoms with Crippen molar-refractivity contribution >= 4 is 11.9 Å². The Morgan fingerprint density at radius 3 is 2.68 bits per heavy atom. The predicted molar refractivity (Wildman–Crippen MR) is 68.2 cm³/mol. The number of pyridine rings is 1. The van der Waals surface area contributed by atoms with Crippen LogP contribution in [0.1, 0.15) is 12.1 Å². The Hall–Kier alpha value is -1.95. The zero-order valence-corrected chi connectivity index (χ0v) is 11.2. The number of amides is 1. The van der Waals surface area contributed by atoms with Gasteiger partial charge in [0.15, 0.2) is 0 Å². The molecule has 0 fully saturated rings. The van der Waals surface area contributed by atoms with Crippen molar-refractivity contribution in [2.24, 2.45) is 0 Å². The Morgan fingerprint density at radius 2 is 2.11 bits per heavy atom. The number of methoxy groups -OCH3 is 2. The normalized spacial score (nSPS) is 10.0. The molecule has 0 unspecified atom stereocenters. The molecule has 0 spiro atoms. The number of carbonyl (C=O) groups is 2. The number of aromatic nitrogens is 1. The molecule has 1 rings (SSSR count). The smallest absolute Gasteiger partial charge is 0.307 e. The molecule has 0 atom stereocenters. The molecule has 0 saturated carbocycles. The topological polar surface area (TPSA) is 68.7 Å². The Labute approximate surface area is 112 Å². The van der Waals surface area contributed by atoms with Crippen LogP contribution < -0.4 is 0 Å². The van der Waals surface area contributed by atoms with Gasteiger partial charge in [0.05, 0.1) is 25.8 Å². The van der Waals surface area contributed by atoms with E-state index in [1.165, 1.54) is 19.1 Å². The third-order valence-electron chi connectivity index (χ3n) is 2.51. The zero-order chi connectivity index (χ0) is 14.1. The highest BCUT2D eigenvalue weighted by atomic mass is 16.5. The lowest BCUT2D eigenvalue weighted by molar-refractivity contribution is -0.142. The van der Waals surface area contributed by atoms with Crippen molar-refractivity contribution < 1.29 is 19.1 Å². The summed E-state index contributed by atoms with van der Waals surface area (Å²) in [7, 11) is 2.78. The van der Waals surface area contributed by atoms with Crippen LogP contribution in [0.3, 0.4) is 0 Å². The minimum atomic E-state index is -0.351. The highest BCUT2D eigenvalue weighted by Gasteiger charge is 2.15. The second kappa shape index (κ2) is 8.20. The maximum atomic E-state index is 11.9. The molecule has 1 aromatic rings. The van der Waals surface area contributed by atoms with Crippen molar-refractivity contribution in [3.8, 4) is 0 Å². The first-order valence-electron chi connectivity index (χ1n) is 5.90. The van der Waals surface area contributed by atoms with E-state index in [0.717, 1.165) is 5.69 Å². The lowest BCUT2D eigenvalue weighted by atomic mass is 10.3. The number of hydrogen-bond acceptors (Lipinski definition) is 5. The summed E-state index contributed by atoms with van der Waals surface area (Å²) >= 11 is 0. The molecule has 0 aliphatic heterocycles. The second-order valence-corrected chi connectivity index (χ2v) is 3.90. The number of nitrogens with zero attached hydrogens (tertiary/aromatic N) is 2. The summed E-state index contributed by atoms with van der Waals surface area (Å²) in [5.41, 5.74) is 0.761. The zero-order valence-electron chi connectivity index (χ0n) is 11.2. The molecular formula is C13H18N2O4. The van der Waals surface area contributed by atoms with Crippen molar-refractivity contribution in [1.82, 2.24) is 9.88 Å². The number of hydrogen-bond donors (Lipinski definition) is 0. The fraction of sp³-hybridized carbons (Fsp3) is 0.462. The Morgan fingerprint density at radius 1 is 1.32 bits per heavy atom. The third-order valence-corrected chi connectivity index (χ3v) is 2.51. The van der Waals surface area contributed by atoms with E-state index in [-0.39, 0.29) is 31.4 Å². The van der Waals surface area contributed by atoms with Crippen LogP contribution in [0.15, 0.2) is 24.4 Å². The molecule has 0 aliphatic rings. The van der Waals surface area contributed by atoms with Crippen molar-refractivity contribution in [2.75, 3.05) is 27.4 Å². The van der Waals surface area contributed by atoms with Gasteiger partial charge in [-0.25, -0.2) is 0 Å². The summed E-state index contributed by atoms with van der Waals surface area (Å²) in [6.45, 7) is 0.611. The van der Waals surface area contributed by atoms with Crippen molar-refractivity contribution in [1.29, 1.82) is 0 Å². The average Bonchev–Trinajstić information content (AvgIpc) is 2.44. The molecular weight excluding hydrogens is 248 g/mol. The second-order valence-electron chi connectivity index (χ2n) is 3.90. The van der Waals surface area contributed by atoms with Gasteiger partial charge < -0.3 is 14.4 Å². The van der Waals surface area contributed by atoms with E-state index in [4.69, 9.17) is 4.74 Å². The van der Waals surface area contributed by atoms with Crippen LogP contribution in [0.25, 0.3) is 0 Å². The molecule has 1 heterocycles. The first-order valence-corrected chi connectivity index (χ1v) is 5.90. The quantitative estimate of drug-likeness (QED) is 0.677. The Bertz CT molecular complexity index is 408. The van der Waals surface area contributed by atoms with E-state index in [0.29, 0.717) is 6.54 Å². The van der Waals surface area contributed by atoms with Gasteiger partial charge in [-0.15, -0.1) is 0 Å². The van der Waals surface area contributed by atoms with Crippen LogP contribution in [0.4, 0.5) is 0 Å². The van der Waals surface area contributed by atoms with Gasteiger partial charge >= 0.3 is 5.97 Å². The lowest BCUT2D eigenvalue weighted by Crippen LogP contribution is -2.35. The van der Waals surface area contributed by atoms with Gasteiger partial charge in [0.25, 0.3) is 0 Å². The summed E-state index contributed by atoms with van der Waals surface area (Å²) in [6.07, 6.45) is 1.81. The molecule has 1 aromatic heterocycles. The average molecular weight is 266 g/mol. The van der Waals surface area contributed by atoms with Gasteiger partial charge in [0, 0.05) is 19.9 Å². The van der Waals surface area contributed by atoms with Crippen molar-refractivity contribution in [3.05, 3.63) is 30.1 Å². The minimum Gasteiger partial charge on any atom is -0.469 e. The minimum absolute atomic E-state index is 0.0198. The fourth-order valence-corrected chi connectivity index (χ4v) is 1.52. The highest BCUT2D eigenvalue weighted by Crippen LogP contribution is 2.03. The molecule has 0 radical (unpaired) electrons. The summed E-state index contributed by atoms with van der Waals surface area (Å²) in [5, 5.41) is 0. The van der Waals surface area contributed by atoms with Crippen LogP contribution in [-0.2, 0) is 25.6 Å². The van der Waals surface area contributed by atoms with Gasteiger partial charge in [0.1, 0.15) is 6.61 Å². The Kier molecular flexibility index (Phi) is 6.52. The van der Waals surface area contributed by atoms with Crippen LogP contribution in [-0.4, -0.2) is 49.1 Å². The molecule has 0 saturated heterocycles. The van der Waals surface area contributed by atoms with Gasteiger partial charge in [-0.2, -0.15) is 0 Å². The summed E-state index contributed by atoms with van der Waals surface area (Å²) in [6, 6.07) is 5.48. The van der Waals surface area contributed by atoms with Crippen LogP contribution in [0.2, 0.25) is 0 Å². The largest absolute Gasteiger partial charge is 0.469 e. The summed E-state index contributed by atoms with van der Waals surface area (Å²) in [4.78, 5) is 28.7. The van der Waals surface area contributed by atoms with E-state index in [1.54, 1.807) is 12.3 Å². The fourth-order valence-electron chi connectivity index (χ4n) is 1.52. The molecule has 1 amide bonds. The van der Waals surface area contributed by atoms with E-state index >= 15 is 0 Å². The highest BCUT2D eigenvalue weighted by molar-refractivity contribution is 5.78. The molecule has 6 nitrogen and oxygen atoms in total. The lowest BCUT2D eigenvalue weighted by Gasteiger charge is -2.21. The number of ether oxygens (including phenoxy) is 2. The SMILES string of the molecule is COCC(=O)N(CCC(=O)OC)Cc1ccccn1. The molecule has 0 aliphatic carbocycles. The molecule has 104 valence electrons. The molecule has 0 aromatic carbocycles. The third kappa shape index (κ3) is 5.48. The summed E-state index contributed by atoms with van der Waals surface area (Å²) < 4.78 is 9.39. The van der Waals surface area contributed by atoms with Crippen LogP contribution in [0, 0.1) is 0 Å². The van der Waals surface area contributed by atoms with E-state index in [9.17, 15) is 9.59 Å². The summed E-state index contributed by atoms with van der Waals surface area (Å²) in [5.74, 6) is -0.534. The maximum Gasteiger partial charge on any atom is 0.307 e. The van der Waals surface area contributed by atoms with Crippen molar-refractivity contribution in [3.63, 3.8) is 0 Å². The molecule has 19 heavy (non-hydrogen) atoms.